The molecule has 0 spiro atoms. The summed E-state index contributed by atoms with van der Waals surface area (Å²) in [6.45, 7) is 4.40. The maximum Gasteiger partial charge on any atom is 0.243 e. The summed E-state index contributed by atoms with van der Waals surface area (Å²) in [5.41, 5.74) is 10.5. The van der Waals surface area contributed by atoms with Crippen molar-refractivity contribution in [2.24, 2.45) is 0 Å². The highest BCUT2D eigenvalue weighted by Gasteiger charge is 2.31. The van der Waals surface area contributed by atoms with Gasteiger partial charge in [-0.25, -0.2) is 15.2 Å². The highest BCUT2D eigenvalue weighted by atomic mass is 19.1. The predicted molar refractivity (Wildman–Crippen MR) is 116 cm³/mol. The minimum Gasteiger partial charge on any atom is -0.497 e. The third-order valence-electron chi connectivity index (χ3n) is 5.59. The fourth-order valence-electron chi connectivity index (χ4n) is 3.83. The van der Waals surface area contributed by atoms with Crippen LogP contribution in [-0.2, 0) is 11.3 Å². The summed E-state index contributed by atoms with van der Waals surface area (Å²) < 4.78 is 20.3. The zero-order valence-electron chi connectivity index (χ0n) is 17.8. The third kappa shape index (κ3) is 4.60. The van der Waals surface area contributed by atoms with E-state index in [2.05, 4.69) is 21.3 Å². The van der Waals surface area contributed by atoms with Crippen LogP contribution in [0.4, 0.5) is 10.1 Å². The zero-order valence-corrected chi connectivity index (χ0v) is 17.8. The Labute approximate surface area is 180 Å². The van der Waals surface area contributed by atoms with E-state index in [-0.39, 0.29) is 17.8 Å². The molecule has 1 aliphatic rings. The van der Waals surface area contributed by atoms with Gasteiger partial charge in [-0.1, -0.05) is 24.3 Å². The average Bonchev–Trinajstić information content (AvgIpc) is 3.36. The molecule has 3 aromatic rings. The van der Waals surface area contributed by atoms with Gasteiger partial charge in [0.2, 0.25) is 5.91 Å². The van der Waals surface area contributed by atoms with Crippen LogP contribution in [0.3, 0.4) is 0 Å². The van der Waals surface area contributed by atoms with Crippen molar-refractivity contribution in [1.82, 2.24) is 20.6 Å². The summed E-state index contributed by atoms with van der Waals surface area (Å²) in [6, 6.07) is 13.7. The van der Waals surface area contributed by atoms with E-state index in [9.17, 15) is 9.18 Å². The van der Waals surface area contributed by atoms with Gasteiger partial charge >= 0.3 is 0 Å². The molecule has 7 nitrogen and oxygen atoms in total. The Balaban J connectivity index is 1.43. The highest BCUT2D eigenvalue weighted by molar-refractivity contribution is 5.96. The van der Waals surface area contributed by atoms with E-state index in [4.69, 9.17) is 4.74 Å². The van der Waals surface area contributed by atoms with Crippen molar-refractivity contribution in [3.8, 4) is 5.75 Å². The first-order chi connectivity index (χ1) is 14.9. The number of benzene rings is 2. The van der Waals surface area contributed by atoms with Crippen LogP contribution in [0, 0.1) is 19.7 Å². The van der Waals surface area contributed by atoms with Gasteiger partial charge in [-0.2, -0.15) is 5.10 Å². The molecule has 0 bridgehead atoms. The average molecular weight is 423 g/mol. The molecule has 1 aromatic heterocycles. The second-order valence-corrected chi connectivity index (χ2v) is 7.73. The molecule has 1 amide bonds. The Morgan fingerprint density at radius 3 is 2.74 bits per heavy atom. The van der Waals surface area contributed by atoms with Crippen LogP contribution in [0.2, 0.25) is 0 Å². The first kappa shape index (κ1) is 21.0. The van der Waals surface area contributed by atoms with Gasteiger partial charge in [0.25, 0.3) is 0 Å². The maximum atomic E-state index is 13.2. The number of halogens is 1. The third-order valence-corrected chi connectivity index (χ3v) is 5.59. The number of carbonyl (C=O) groups is 1. The number of hydrogen-bond donors (Lipinski definition) is 3. The van der Waals surface area contributed by atoms with Crippen molar-refractivity contribution in [1.29, 1.82) is 0 Å². The number of amides is 1. The number of methoxy groups -OCH3 is 1. The number of anilines is 1. The van der Waals surface area contributed by atoms with E-state index in [0.717, 1.165) is 34.0 Å². The largest absolute Gasteiger partial charge is 0.497 e. The fraction of sp³-hybridized carbons (Fsp3) is 0.304. The van der Waals surface area contributed by atoms with Crippen molar-refractivity contribution in [2.75, 3.05) is 12.4 Å². The van der Waals surface area contributed by atoms with Crippen LogP contribution in [-0.4, -0.2) is 28.8 Å². The Morgan fingerprint density at radius 2 is 2.00 bits per heavy atom. The molecule has 31 heavy (non-hydrogen) atoms. The van der Waals surface area contributed by atoms with Gasteiger partial charge in [-0.3, -0.25) is 9.48 Å². The van der Waals surface area contributed by atoms with E-state index >= 15 is 0 Å². The van der Waals surface area contributed by atoms with Gasteiger partial charge in [0.15, 0.2) is 0 Å². The highest BCUT2D eigenvalue weighted by Crippen LogP contribution is 2.25. The lowest BCUT2D eigenvalue weighted by Crippen LogP contribution is -2.39. The Bertz CT molecular complexity index is 1080. The molecule has 1 saturated heterocycles. The molecule has 4 rings (SSSR count). The minimum atomic E-state index is -0.407. The predicted octanol–water partition coefficient (Wildman–Crippen LogP) is 3.24. The molecular weight excluding hydrogens is 397 g/mol. The summed E-state index contributed by atoms with van der Waals surface area (Å²) in [6.07, 6.45) is 0.563. The van der Waals surface area contributed by atoms with Gasteiger partial charge in [0.1, 0.15) is 17.6 Å². The number of ether oxygens (including phenoxy) is 1. The molecule has 3 N–H and O–H groups in total. The normalized spacial score (nSPS) is 18.2. The SMILES string of the molecule is COc1cccc(Cn2nc(C)c(NC(=O)C3CC(c4ccc(F)cc4)NN3)c2C)c1. The topological polar surface area (TPSA) is 80.2 Å². The van der Waals surface area contributed by atoms with Crippen LogP contribution in [0.15, 0.2) is 48.5 Å². The van der Waals surface area contributed by atoms with Gasteiger partial charge < -0.3 is 10.1 Å². The molecule has 1 fully saturated rings. The van der Waals surface area contributed by atoms with Gasteiger partial charge in [0.05, 0.1) is 30.7 Å². The quantitative estimate of drug-likeness (QED) is 0.567. The molecule has 8 heteroatoms. The molecule has 2 heterocycles. The first-order valence-corrected chi connectivity index (χ1v) is 10.2. The maximum absolute atomic E-state index is 13.2. The monoisotopic (exact) mass is 423 g/mol. The lowest BCUT2D eigenvalue weighted by molar-refractivity contribution is -0.117. The van der Waals surface area contributed by atoms with Crippen molar-refractivity contribution < 1.29 is 13.9 Å². The van der Waals surface area contributed by atoms with Crippen molar-refractivity contribution >= 4 is 11.6 Å². The lowest BCUT2D eigenvalue weighted by atomic mass is 10.0. The number of aryl methyl sites for hydroxylation is 1. The lowest BCUT2D eigenvalue weighted by Gasteiger charge is -2.12. The Hall–Kier alpha value is -3.23. The van der Waals surface area contributed by atoms with Crippen LogP contribution < -0.4 is 20.9 Å². The number of rotatable bonds is 6. The molecule has 0 aliphatic carbocycles. The van der Waals surface area contributed by atoms with Crippen molar-refractivity contribution in [3.63, 3.8) is 0 Å². The van der Waals surface area contributed by atoms with E-state index in [0.29, 0.717) is 13.0 Å². The summed E-state index contributed by atoms with van der Waals surface area (Å²) in [5.74, 6) is 0.383. The molecule has 2 atom stereocenters. The summed E-state index contributed by atoms with van der Waals surface area (Å²) in [4.78, 5) is 12.9. The van der Waals surface area contributed by atoms with E-state index in [1.165, 1.54) is 12.1 Å². The number of carbonyl (C=O) groups excluding carboxylic acids is 1. The van der Waals surface area contributed by atoms with Crippen molar-refractivity contribution in [2.45, 2.75) is 38.9 Å². The standard InChI is InChI=1S/C23H26FN5O2/c1-14-22(15(2)29(28-14)13-16-5-4-6-19(11-16)31-3)25-23(30)21-12-20(26-27-21)17-7-9-18(24)10-8-17/h4-11,20-21,26-27H,12-13H2,1-3H3,(H,25,30). The number of nitrogens with zero attached hydrogens (tertiary/aromatic N) is 2. The summed E-state index contributed by atoms with van der Waals surface area (Å²) >= 11 is 0. The zero-order chi connectivity index (χ0) is 22.0. The minimum absolute atomic E-state index is 0.0608. The molecule has 2 unspecified atom stereocenters. The molecular formula is C23H26FN5O2. The molecule has 0 saturated carbocycles. The first-order valence-electron chi connectivity index (χ1n) is 10.2. The van der Waals surface area contributed by atoms with Crippen LogP contribution in [0.5, 0.6) is 5.75 Å². The number of hydrogen-bond acceptors (Lipinski definition) is 5. The number of nitrogens with one attached hydrogen (secondary N) is 3. The molecule has 1 aliphatic heterocycles. The van der Waals surface area contributed by atoms with Crippen LogP contribution in [0.25, 0.3) is 0 Å². The van der Waals surface area contributed by atoms with Gasteiger partial charge in [-0.05, 0) is 55.7 Å². The number of aromatic nitrogens is 2. The van der Waals surface area contributed by atoms with Gasteiger partial charge in [-0.15, -0.1) is 0 Å². The second-order valence-electron chi connectivity index (χ2n) is 7.73. The number of hydrazine groups is 1. The summed E-state index contributed by atoms with van der Waals surface area (Å²) in [7, 11) is 1.64. The van der Waals surface area contributed by atoms with Crippen molar-refractivity contribution in [3.05, 3.63) is 76.9 Å². The van der Waals surface area contributed by atoms with Crippen LogP contribution in [0.1, 0.15) is 35.0 Å². The molecule has 0 radical (unpaired) electrons. The Kier molecular flexibility index (Phi) is 6.01. The molecule has 2 aromatic carbocycles. The van der Waals surface area contributed by atoms with Crippen LogP contribution >= 0.6 is 0 Å². The van der Waals surface area contributed by atoms with E-state index in [1.807, 2.05) is 42.8 Å². The van der Waals surface area contributed by atoms with E-state index < -0.39 is 6.04 Å². The van der Waals surface area contributed by atoms with Gasteiger partial charge in [0, 0.05) is 6.04 Å². The second kappa shape index (κ2) is 8.87. The molecule has 162 valence electrons. The fourth-order valence-corrected chi connectivity index (χ4v) is 3.83. The van der Waals surface area contributed by atoms with E-state index in [1.54, 1.807) is 19.2 Å². The Morgan fingerprint density at radius 1 is 1.23 bits per heavy atom. The smallest absolute Gasteiger partial charge is 0.243 e. The summed E-state index contributed by atoms with van der Waals surface area (Å²) in [5, 5.41) is 7.62.